The van der Waals surface area contributed by atoms with Crippen molar-refractivity contribution >= 4 is 23.2 Å². The minimum absolute atomic E-state index is 0.0416. The van der Waals surface area contributed by atoms with E-state index in [9.17, 15) is 4.79 Å². The van der Waals surface area contributed by atoms with Gasteiger partial charge >= 0.3 is 0 Å². The van der Waals surface area contributed by atoms with Crippen LogP contribution >= 0.6 is 11.6 Å². The number of carbonyl (C=O) groups is 1. The van der Waals surface area contributed by atoms with Crippen LogP contribution in [-0.2, 0) is 6.54 Å². The van der Waals surface area contributed by atoms with Gasteiger partial charge in [0.1, 0.15) is 0 Å². The summed E-state index contributed by atoms with van der Waals surface area (Å²) in [4.78, 5) is 16.0. The fourth-order valence-corrected chi connectivity index (χ4v) is 1.97. The van der Waals surface area contributed by atoms with Crippen LogP contribution in [0.1, 0.15) is 17.3 Å². The Bertz CT molecular complexity index is 568. The summed E-state index contributed by atoms with van der Waals surface area (Å²) >= 11 is 5.89. The second-order valence-corrected chi connectivity index (χ2v) is 4.74. The molecule has 1 aromatic carbocycles. The van der Waals surface area contributed by atoms with Crippen molar-refractivity contribution < 1.29 is 4.79 Å². The van der Waals surface area contributed by atoms with Crippen LogP contribution in [0, 0.1) is 0 Å². The van der Waals surface area contributed by atoms with Crippen LogP contribution in [0.3, 0.4) is 0 Å². The van der Waals surface area contributed by atoms with Crippen LogP contribution in [0.25, 0.3) is 0 Å². The summed E-state index contributed by atoms with van der Waals surface area (Å²) in [5, 5.41) is 3.26. The standard InChI is InChI=1S/C13H15ClN4O/c1-9(7-18-6-5-16-8-18)17-13(19)10-3-2-4-11(14)12(10)15/h2-6,8-9H,7,15H2,1H3,(H,17,19). The maximum Gasteiger partial charge on any atom is 0.253 e. The van der Waals surface area contributed by atoms with E-state index in [0.717, 1.165) is 0 Å². The van der Waals surface area contributed by atoms with Crippen LogP contribution in [0.5, 0.6) is 0 Å². The number of aromatic nitrogens is 2. The summed E-state index contributed by atoms with van der Waals surface area (Å²) in [6.07, 6.45) is 5.25. The molecule has 1 heterocycles. The Morgan fingerprint density at radius 3 is 3.05 bits per heavy atom. The first-order valence-electron chi connectivity index (χ1n) is 5.88. The van der Waals surface area contributed by atoms with E-state index in [1.54, 1.807) is 30.7 Å². The molecule has 0 spiro atoms. The monoisotopic (exact) mass is 278 g/mol. The molecule has 2 rings (SSSR count). The zero-order valence-corrected chi connectivity index (χ0v) is 11.3. The average Bonchev–Trinajstić information content (AvgIpc) is 2.85. The molecule has 3 N–H and O–H groups in total. The highest BCUT2D eigenvalue weighted by atomic mass is 35.5. The molecule has 1 unspecified atom stereocenters. The number of hydrogen-bond donors (Lipinski definition) is 2. The maximum absolute atomic E-state index is 12.1. The molecule has 0 fully saturated rings. The van der Waals surface area contributed by atoms with Crippen molar-refractivity contribution in [1.82, 2.24) is 14.9 Å². The number of benzene rings is 1. The van der Waals surface area contributed by atoms with Crippen LogP contribution in [0.2, 0.25) is 5.02 Å². The van der Waals surface area contributed by atoms with E-state index in [2.05, 4.69) is 10.3 Å². The number of halogens is 1. The molecular weight excluding hydrogens is 264 g/mol. The molecule has 2 aromatic rings. The number of carbonyl (C=O) groups excluding carboxylic acids is 1. The van der Waals surface area contributed by atoms with Crippen LogP contribution in [-0.4, -0.2) is 21.5 Å². The third-order valence-corrected chi connectivity index (χ3v) is 3.05. The van der Waals surface area contributed by atoms with E-state index < -0.39 is 0 Å². The molecule has 100 valence electrons. The van der Waals surface area contributed by atoms with Gasteiger partial charge in [-0.1, -0.05) is 17.7 Å². The molecule has 0 aliphatic heterocycles. The lowest BCUT2D eigenvalue weighted by Crippen LogP contribution is -2.35. The third-order valence-electron chi connectivity index (χ3n) is 2.72. The minimum atomic E-state index is -0.229. The number of nitrogen functional groups attached to an aromatic ring is 1. The summed E-state index contributed by atoms with van der Waals surface area (Å²) in [7, 11) is 0. The Morgan fingerprint density at radius 2 is 2.37 bits per heavy atom. The first kappa shape index (κ1) is 13.4. The van der Waals surface area contributed by atoms with E-state index in [-0.39, 0.29) is 11.9 Å². The van der Waals surface area contributed by atoms with Crippen molar-refractivity contribution in [3.63, 3.8) is 0 Å². The van der Waals surface area contributed by atoms with Gasteiger partial charge in [0.2, 0.25) is 0 Å². The lowest BCUT2D eigenvalue weighted by Gasteiger charge is -2.15. The minimum Gasteiger partial charge on any atom is -0.397 e. The molecular formula is C13H15ClN4O. The number of imidazole rings is 1. The largest absolute Gasteiger partial charge is 0.397 e. The van der Waals surface area contributed by atoms with Crippen molar-refractivity contribution in [1.29, 1.82) is 0 Å². The molecule has 1 atom stereocenters. The molecule has 6 heteroatoms. The molecule has 0 aliphatic carbocycles. The maximum atomic E-state index is 12.1. The van der Waals surface area contributed by atoms with Gasteiger partial charge in [-0.25, -0.2) is 4.98 Å². The summed E-state index contributed by atoms with van der Waals surface area (Å²) in [5.74, 6) is -0.229. The van der Waals surface area contributed by atoms with E-state index >= 15 is 0 Å². The van der Waals surface area contributed by atoms with E-state index in [4.69, 9.17) is 17.3 Å². The molecule has 0 saturated carbocycles. The summed E-state index contributed by atoms with van der Waals surface area (Å²) < 4.78 is 1.90. The fourth-order valence-electron chi connectivity index (χ4n) is 1.79. The number of nitrogens with two attached hydrogens (primary N) is 1. The lowest BCUT2D eigenvalue weighted by molar-refractivity contribution is 0.0937. The van der Waals surface area contributed by atoms with Gasteiger partial charge in [-0.15, -0.1) is 0 Å². The van der Waals surface area contributed by atoms with Gasteiger partial charge < -0.3 is 15.6 Å². The third kappa shape index (κ3) is 3.26. The number of nitrogens with one attached hydrogen (secondary N) is 1. The Kier molecular flexibility index (Phi) is 4.06. The Labute approximate surface area is 116 Å². The van der Waals surface area contributed by atoms with Gasteiger partial charge in [0, 0.05) is 25.0 Å². The number of amides is 1. The van der Waals surface area contributed by atoms with Gasteiger partial charge in [0.25, 0.3) is 5.91 Å². The second-order valence-electron chi connectivity index (χ2n) is 4.34. The van der Waals surface area contributed by atoms with Gasteiger partial charge in [-0.05, 0) is 19.1 Å². The highest BCUT2D eigenvalue weighted by Crippen LogP contribution is 2.22. The topological polar surface area (TPSA) is 72.9 Å². The van der Waals surface area contributed by atoms with Crippen molar-refractivity contribution in [2.45, 2.75) is 19.5 Å². The van der Waals surface area contributed by atoms with Gasteiger partial charge in [0.05, 0.1) is 22.6 Å². The first-order valence-corrected chi connectivity index (χ1v) is 6.26. The quantitative estimate of drug-likeness (QED) is 0.840. The number of anilines is 1. The van der Waals surface area contributed by atoms with Gasteiger partial charge in [-0.2, -0.15) is 0 Å². The predicted molar refractivity (Wildman–Crippen MR) is 75.0 cm³/mol. The van der Waals surface area contributed by atoms with Crippen LogP contribution in [0.4, 0.5) is 5.69 Å². The molecule has 0 saturated heterocycles. The molecule has 1 aromatic heterocycles. The van der Waals surface area contributed by atoms with E-state index in [0.29, 0.717) is 22.8 Å². The summed E-state index contributed by atoms with van der Waals surface area (Å²) in [6.45, 7) is 2.56. The molecule has 0 bridgehead atoms. The van der Waals surface area contributed by atoms with E-state index in [1.807, 2.05) is 17.7 Å². The highest BCUT2D eigenvalue weighted by molar-refractivity contribution is 6.33. The molecule has 19 heavy (non-hydrogen) atoms. The smallest absolute Gasteiger partial charge is 0.253 e. The SMILES string of the molecule is CC(Cn1ccnc1)NC(=O)c1cccc(Cl)c1N. The number of rotatable bonds is 4. The van der Waals surface area contributed by atoms with Crippen molar-refractivity contribution in [2.75, 3.05) is 5.73 Å². The Morgan fingerprint density at radius 1 is 1.58 bits per heavy atom. The van der Waals surface area contributed by atoms with Gasteiger partial charge in [0.15, 0.2) is 0 Å². The normalized spacial score (nSPS) is 12.1. The summed E-state index contributed by atoms with van der Waals surface area (Å²) in [6, 6.07) is 4.97. The molecule has 0 radical (unpaired) electrons. The molecule has 0 aliphatic rings. The van der Waals surface area contributed by atoms with Crippen molar-refractivity contribution in [3.8, 4) is 0 Å². The first-order chi connectivity index (χ1) is 9.08. The van der Waals surface area contributed by atoms with Crippen molar-refractivity contribution in [3.05, 3.63) is 47.5 Å². The number of nitrogens with zero attached hydrogens (tertiary/aromatic N) is 2. The predicted octanol–water partition coefficient (Wildman–Crippen LogP) is 1.94. The van der Waals surface area contributed by atoms with Crippen LogP contribution < -0.4 is 11.1 Å². The molecule has 5 nitrogen and oxygen atoms in total. The zero-order chi connectivity index (χ0) is 13.8. The molecule has 1 amide bonds. The second kappa shape index (κ2) is 5.75. The fraction of sp³-hybridized carbons (Fsp3) is 0.231. The lowest BCUT2D eigenvalue weighted by atomic mass is 10.1. The Hall–Kier alpha value is -2.01. The average molecular weight is 279 g/mol. The highest BCUT2D eigenvalue weighted by Gasteiger charge is 2.14. The zero-order valence-electron chi connectivity index (χ0n) is 10.5. The van der Waals surface area contributed by atoms with Gasteiger partial charge in [-0.3, -0.25) is 4.79 Å². The Balaban J connectivity index is 2.02. The number of para-hydroxylation sites is 1. The van der Waals surface area contributed by atoms with Crippen molar-refractivity contribution in [2.24, 2.45) is 0 Å². The summed E-state index contributed by atoms with van der Waals surface area (Å²) in [5.41, 5.74) is 6.48. The number of hydrogen-bond acceptors (Lipinski definition) is 3. The van der Waals surface area contributed by atoms with E-state index in [1.165, 1.54) is 0 Å². The van der Waals surface area contributed by atoms with Crippen LogP contribution in [0.15, 0.2) is 36.9 Å².